The van der Waals surface area contributed by atoms with Crippen LogP contribution in [0.25, 0.3) is 0 Å². The second-order valence-electron chi connectivity index (χ2n) is 12.1. The molecular weight excluding hydrogens is 652 g/mol. The van der Waals surface area contributed by atoms with Crippen LogP contribution >= 0.6 is 12.2 Å². The Morgan fingerprint density at radius 3 is 1.67 bits per heavy atom. The molecule has 15 heteroatoms. The number of carbonyl (C=O) groups is 5. The van der Waals surface area contributed by atoms with Gasteiger partial charge in [0.05, 0.1) is 0 Å². The van der Waals surface area contributed by atoms with Gasteiger partial charge in [0.15, 0.2) is 5.11 Å². The van der Waals surface area contributed by atoms with Crippen LogP contribution in [0.2, 0.25) is 0 Å². The molecule has 0 aliphatic heterocycles. The molecule has 0 unspecified atom stereocenters. The molecule has 0 heterocycles. The Morgan fingerprint density at radius 1 is 0.612 bits per heavy atom. The summed E-state index contributed by atoms with van der Waals surface area (Å²) in [4.78, 5) is 59.3. The van der Waals surface area contributed by atoms with Crippen LogP contribution in [0.5, 0.6) is 0 Å². The van der Waals surface area contributed by atoms with Gasteiger partial charge in [-0.25, -0.2) is 15.2 Å². The average molecular weight is 709 g/mol. The fraction of sp³-hybridized carbons (Fsp3) is 0.647. The van der Waals surface area contributed by atoms with E-state index < -0.39 is 17.7 Å². The number of anilines is 1. The van der Waals surface area contributed by atoms with Crippen LogP contribution in [0.4, 0.5) is 5.69 Å². The summed E-state index contributed by atoms with van der Waals surface area (Å²) in [6.45, 7) is 4.92. The quantitative estimate of drug-likeness (QED) is 0.0344. The van der Waals surface area contributed by atoms with Gasteiger partial charge < -0.3 is 16.0 Å². The highest BCUT2D eigenvalue weighted by Gasteiger charge is 2.14. The second-order valence-corrected chi connectivity index (χ2v) is 12.5. The van der Waals surface area contributed by atoms with Gasteiger partial charge in [-0.1, -0.05) is 30.5 Å². The normalized spacial score (nSPS) is 10.6. The van der Waals surface area contributed by atoms with Crippen LogP contribution in [0.1, 0.15) is 109 Å². The molecule has 0 radical (unpaired) electrons. The summed E-state index contributed by atoms with van der Waals surface area (Å²) in [5.41, 5.74) is 2.08. The molecule has 0 saturated heterocycles. The molecule has 1 aromatic rings. The number of nitrogens with one attached hydrogen (secondary N) is 3. The number of rotatable bonds is 26. The van der Waals surface area contributed by atoms with Crippen LogP contribution < -0.4 is 16.0 Å². The molecular formula is C34H56N6O8S. The molecule has 49 heavy (non-hydrogen) atoms. The smallest absolute Gasteiger partial charge is 0.246 e. The van der Waals surface area contributed by atoms with E-state index in [4.69, 9.17) is 12.2 Å². The van der Waals surface area contributed by atoms with Crippen molar-refractivity contribution in [3.05, 3.63) is 29.8 Å². The lowest BCUT2D eigenvalue weighted by Gasteiger charge is -2.15. The molecule has 0 bridgehead atoms. The molecule has 1 aromatic carbocycles. The van der Waals surface area contributed by atoms with E-state index in [1.807, 2.05) is 31.2 Å². The van der Waals surface area contributed by atoms with Crippen LogP contribution in [-0.4, -0.2) is 98.1 Å². The van der Waals surface area contributed by atoms with Gasteiger partial charge in [-0.2, -0.15) is 0 Å². The molecule has 0 aliphatic carbocycles. The largest absolute Gasteiger partial charge is 0.362 e. The summed E-state index contributed by atoms with van der Waals surface area (Å²) in [6.07, 6.45) is 7.08. The number of unbranched alkanes of at least 4 members (excludes halogenated alkanes) is 7. The number of hydrogen-bond acceptors (Lipinski definition) is 9. The van der Waals surface area contributed by atoms with Crippen molar-refractivity contribution in [2.24, 2.45) is 0 Å². The van der Waals surface area contributed by atoms with Gasteiger partial charge in [-0.3, -0.25) is 39.6 Å². The van der Waals surface area contributed by atoms with Gasteiger partial charge in [-0.15, -0.1) is 0 Å². The molecule has 1 rings (SSSR count). The van der Waals surface area contributed by atoms with Crippen molar-refractivity contribution < 1.29 is 39.6 Å². The zero-order valence-corrected chi connectivity index (χ0v) is 29.9. The number of nitrogens with zero attached hydrogens (tertiary/aromatic N) is 3. The van der Waals surface area contributed by atoms with E-state index in [2.05, 4.69) is 16.0 Å². The minimum Gasteiger partial charge on any atom is -0.362 e. The third-order valence-corrected chi connectivity index (χ3v) is 7.96. The monoisotopic (exact) mass is 708 g/mol. The maximum Gasteiger partial charge on any atom is 0.246 e. The number of carbonyl (C=O) groups excluding carboxylic acids is 5. The van der Waals surface area contributed by atoms with Gasteiger partial charge in [0.25, 0.3) is 0 Å². The molecule has 14 nitrogen and oxygen atoms in total. The number of thiocarbonyl (C=S) groups is 1. The molecule has 276 valence electrons. The van der Waals surface area contributed by atoms with E-state index in [1.165, 1.54) is 12.5 Å². The Bertz CT molecular complexity index is 1170. The lowest BCUT2D eigenvalue weighted by Crippen LogP contribution is -2.31. The topological polar surface area (TPSA) is 192 Å². The lowest BCUT2D eigenvalue weighted by atomic mass is 10.1. The maximum atomic E-state index is 12.2. The maximum absolute atomic E-state index is 12.2. The van der Waals surface area contributed by atoms with Crippen molar-refractivity contribution in [2.45, 2.75) is 110 Å². The van der Waals surface area contributed by atoms with E-state index in [1.54, 1.807) is 0 Å². The average Bonchev–Trinajstić information content (AvgIpc) is 3.07. The number of amides is 4. The summed E-state index contributed by atoms with van der Waals surface area (Å²) in [7, 11) is 0. The first-order valence-electron chi connectivity index (χ1n) is 17.2. The van der Waals surface area contributed by atoms with Crippen LogP contribution in [-0.2, 0) is 24.0 Å². The molecule has 0 spiro atoms. The molecule has 0 atom stereocenters. The molecule has 4 amide bonds. The van der Waals surface area contributed by atoms with Crippen LogP contribution in [0.15, 0.2) is 24.3 Å². The fourth-order valence-corrected chi connectivity index (χ4v) is 4.87. The number of Topliss-reactive ketones (excluding diaryl/α,β-unsaturated/α-hetero) is 1. The van der Waals surface area contributed by atoms with Gasteiger partial charge in [0.1, 0.15) is 5.78 Å². The summed E-state index contributed by atoms with van der Waals surface area (Å²) in [5.74, 6) is -1.77. The Kier molecular flexibility index (Phi) is 23.2. The number of hydroxylamine groups is 6. The Hall–Kier alpha value is -3.66. The summed E-state index contributed by atoms with van der Waals surface area (Å²) in [5, 5.41) is 40.7. The van der Waals surface area contributed by atoms with Crippen molar-refractivity contribution in [3.8, 4) is 0 Å². The Labute approximate surface area is 295 Å². The summed E-state index contributed by atoms with van der Waals surface area (Å²) in [6, 6.07) is 7.91. The van der Waals surface area contributed by atoms with Crippen LogP contribution in [0.3, 0.4) is 0 Å². The molecule has 0 aromatic heterocycles. The number of ketones is 1. The van der Waals surface area contributed by atoms with Crippen molar-refractivity contribution >= 4 is 52.4 Å². The molecule has 6 N–H and O–H groups in total. The molecule has 0 aliphatic rings. The minimum atomic E-state index is -0.514. The van der Waals surface area contributed by atoms with Gasteiger partial charge >= 0.3 is 0 Å². The third-order valence-electron chi connectivity index (χ3n) is 7.71. The second kappa shape index (κ2) is 26.2. The highest BCUT2D eigenvalue weighted by Crippen LogP contribution is 2.10. The Balaban J connectivity index is 2.00. The zero-order chi connectivity index (χ0) is 36.4. The summed E-state index contributed by atoms with van der Waals surface area (Å²) >= 11 is 5.29. The van der Waals surface area contributed by atoms with E-state index in [0.717, 1.165) is 31.4 Å². The predicted octanol–water partition coefficient (Wildman–Crippen LogP) is 4.49. The first-order chi connectivity index (χ1) is 23.4. The SMILES string of the molecule is CC(=O)N(O)CCCCCCC(=O)CCC(=O)N(O)CCCCCNC(=O)CCC(=O)N(O)CCCCCNC(=S)Nc1ccc(C)cc1. The number of benzene rings is 1. The lowest BCUT2D eigenvalue weighted by molar-refractivity contribution is -0.166. The standard InChI is InChI=1S/C34H56N6O8S/c1-27-14-16-29(17-15-27)37-34(49)36-23-9-6-12-26-40(48)33(45)21-19-31(43)35-22-8-5-11-25-39(47)32(44)20-18-30(42)13-7-3-4-10-24-38(46)28(2)41/h14-17,46-48H,3-13,18-26H2,1-2H3,(H,35,43)(H2,36,37,49). The minimum absolute atomic E-state index is 0.0353. The van der Waals surface area contributed by atoms with E-state index in [-0.39, 0.29) is 57.0 Å². The first kappa shape index (κ1) is 43.4. The highest BCUT2D eigenvalue weighted by molar-refractivity contribution is 7.80. The molecule has 0 saturated carbocycles. The number of aryl methyl sites for hydroxylation is 1. The van der Waals surface area contributed by atoms with E-state index in [0.29, 0.717) is 78.3 Å². The zero-order valence-electron chi connectivity index (χ0n) is 29.1. The first-order valence-corrected chi connectivity index (χ1v) is 17.6. The Morgan fingerprint density at radius 2 is 1.10 bits per heavy atom. The molecule has 0 fully saturated rings. The van der Waals surface area contributed by atoms with Crippen molar-refractivity contribution in [2.75, 3.05) is 38.0 Å². The van der Waals surface area contributed by atoms with Gasteiger partial charge in [0, 0.05) is 77.4 Å². The van der Waals surface area contributed by atoms with Gasteiger partial charge in [-0.05, 0) is 82.6 Å². The van der Waals surface area contributed by atoms with Crippen molar-refractivity contribution in [1.29, 1.82) is 0 Å². The predicted molar refractivity (Wildman–Crippen MR) is 189 cm³/mol. The summed E-state index contributed by atoms with van der Waals surface area (Å²) < 4.78 is 0. The van der Waals surface area contributed by atoms with Crippen molar-refractivity contribution in [1.82, 2.24) is 25.8 Å². The van der Waals surface area contributed by atoms with Crippen LogP contribution in [0, 0.1) is 6.92 Å². The van der Waals surface area contributed by atoms with Gasteiger partial charge in [0.2, 0.25) is 23.6 Å². The van der Waals surface area contributed by atoms with Crippen molar-refractivity contribution in [3.63, 3.8) is 0 Å². The number of hydrogen-bond donors (Lipinski definition) is 6. The van der Waals surface area contributed by atoms with E-state index >= 15 is 0 Å². The van der Waals surface area contributed by atoms with E-state index in [9.17, 15) is 39.6 Å². The highest BCUT2D eigenvalue weighted by atomic mass is 32.1. The third kappa shape index (κ3) is 22.6. The fourth-order valence-electron chi connectivity index (χ4n) is 4.65.